The van der Waals surface area contributed by atoms with Gasteiger partial charge in [-0.3, -0.25) is 5.84 Å². The molecule has 0 aromatic heterocycles. The summed E-state index contributed by atoms with van der Waals surface area (Å²) < 4.78 is 11.8. The van der Waals surface area contributed by atoms with Gasteiger partial charge in [-0.1, -0.05) is 25.1 Å². The predicted molar refractivity (Wildman–Crippen MR) is 82.6 cm³/mol. The van der Waals surface area contributed by atoms with Crippen molar-refractivity contribution in [3.05, 3.63) is 29.8 Å². The van der Waals surface area contributed by atoms with Gasteiger partial charge in [0.1, 0.15) is 5.75 Å². The molecule has 0 heterocycles. The molecule has 0 aliphatic carbocycles. The molecule has 114 valence electrons. The van der Waals surface area contributed by atoms with Gasteiger partial charge in [-0.15, -0.1) is 0 Å². The molecule has 0 aliphatic heterocycles. The van der Waals surface area contributed by atoms with E-state index in [1.807, 2.05) is 45.0 Å². The van der Waals surface area contributed by atoms with Crippen LogP contribution in [0, 0.1) is 0 Å². The van der Waals surface area contributed by atoms with Crippen molar-refractivity contribution >= 4 is 0 Å². The minimum Gasteiger partial charge on any atom is -0.491 e. The topological polar surface area (TPSA) is 56.5 Å². The minimum absolute atomic E-state index is 0.120. The van der Waals surface area contributed by atoms with Crippen LogP contribution in [0.5, 0.6) is 5.75 Å². The summed E-state index contributed by atoms with van der Waals surface area (Å²) in [5.41, 5.74) is 3.56. The Balaban J connectivity index is 3.17. The summed E-state index contributed by atoms with van der Waals surface area (Å²) in [6.07, 6.45) is 0.973. The number of benzene rings is 1. The van der Waals surface area contributed by atoms with E-state index in [1.165, 1.54) is 0 Å². The lowest BCUT2D eigenvalue weighted by atomic mass is 9.87. The minimum atomic E-state index is -0.375. The highest BCUT2D eigenvalue weighted by Crippen LogP contribution is 2.36. The molecular formula is C16H28N2O2. The Morgan fingerprint density at radius 3 is 2.40 bits per heavy atom. The van der Waals surface area contributed by atoms with Gasteiger partial charge in [0.05, 0.1) is 17.7 Å². The molecule has 3 N–H and O–H groups in total. The highest BCUT2D eigenvalue weighted by Gasteiger charge is 2.35. The number of ether oxygens (including phenoxy) is 2. The number of para-hydroxylation sites is 1. The van der Waals surface area contributed by atoms with Crippen LogP contribution < -0.4 is 16.0 Å². The van der Waals surface area contributed by atoms with Crippen LogP contribution in [0.1, 0.15) is 52.6 Å². The molecule has 0 fully saturated rings. The Labute approximate surface area is 122 Å². The number of hydrogen-bond acceptors (Lipinski definition) is 4. The molecule has 4 nitrogen and oxygen atoms in total. The Kier molecular flexibility index (Phi) is 6.46. The SMILES string of the molecule is CCOC(C)(CC)C(NN)c1ccccc1OC(C)C. The maximum atomic E-state index is 5.95. The number of rotatable bonds is 8. The summed E-state index contributed by atoms with van der Waals surface area (Å²) in [6, 6.07) is 7.85. The van der Waals surface area contributed by atoms with Crippen LogP contribution in [-0.2, 0) is 4.74 Å². The van der Waals surface area contributed by atoms with Crippen molar-refractivity contribution in [2.24, 2.45) is 5.84 Å². The van der Waals surface area contributed by atoms with Crippen molar-refractivity contribution in [1.29, 1.82) is 0 Å². The first-order valence-electron chi connectivity index (χ1n) is 7.34. The van der Waals surface area contributed by atoms with Gasteiger partial charge in [-0.25, -0.2) is 5.43 Å². The predicted octanol–water partition coefficient (Wildman–Crippen LogP) is 3.18. The summed E-state index contributed by atoms with van der Waals surface area (Å²) in [4.78, 5) is 0. The van der Waals surface area contributed by atoms with Crippen LogP contribution in [-0.4, -0.2) is 18.3 Å². The van der Waals surface area contributed by atoms with E-state index in [4.69, 9.17) is 15.3 Å². The number of nitrogens with two attached hydrogens (primary N) is 1. The summed E-state index contributed by atoms with van der Waals surface area (Å²) >= 11 is 0. The van der Waals surface area contributed by atoms with Crippen molar-refractivity contribution in [2.75, 3.05) is 6.61 Å². The molecule has 4 heteroatoms. The molecule has 0 spiro atoms. The van der Waals surface area contributed by atoms with Crippen molar-refractivity contribution < 1.29 is 9.47 Å². The molecular weight excluding hydrogens is 252 g/mol. The lowest BCUT2D eigenvalue weighted by Gasteiger charge is -2.37. The van der Waals surface area contributed by atoms with Gasteiger partial charge in [0.15, 0.2) is 0 Å². The zero-order valence-electron chi connectivity index (χ0n) is 13.3. The van der Waals surface area contributed by atoms with Crippen molar-refractivity contribution in [3.63, 3.8) is 0 Å². The van der Waals surface area contributed by atoms with E-state index < -0.39 is 0 Å². The first kappa shape index (κ1) is 17.0. The van der Waals surface area contributed by atoms with E-state index >= 15 is 0 Å². The number of nitrogens with one attached hydrogen (secondary N) is 1. The largest absolute Gasteiger partial charge is 0.491 e. The van der Waals surface area contributed by atoms with Crippen molar-refractivity contribution in [3.8, 4) is 5.75 Å². The van der Waals surface area contributed by atoms with Gasteiger partial charge in [-0.05, 0) is 40.2 Å². The fourth-order valence-corrected chi connectivity index (χ4v) is 2.39. The van der Waals surface area contributed by atoms with Crippen molar-refractivity contribution in [2.45, 2.75) is 58.8 Å². The Morgan fingerprint density at radius 1 is 1.25 bits per heavy atom. The van der Waals surface area contributed by atoms with E-state index in [0.717, 1.165) is 17.7 Å². The summed E-state index contributed by atoms with van der Waals surface area (Å²) in [5, 5.41) is 0. The zero-order valence-corrected chi connectivity index (χ0v) is 13.3. The standard InChI is InChI=1S/C16H28N2O2/c1-6-16(5,19-7-2)15(18-17)13-10-8-9-11-14(13)20-12(3)4/h8-12,15,18H,6-7,17H2,1-5H3. The molecule has 1 aromatic carbocycles. The first-order valence-corrected chi connectivity index (χ1v) is 7.34. The first-order chi connectivity index (χ1) is 9.48. The van der Waals surface area contributed by atoms with Gasteiger partial charge >= 0.3 is 0 Å². The van der Waals surface area contributed by atoms with Gasteiger partial charge in [0, 0.05) is 12.2 Å². The highest BCUT2D eigenvalue weighted by molar-refractivity contribution is 5.37. The average molecular weight is 280 g/mol. The molecule has 20 heavy (non-hydrogen) atoms. The van der Waals surface area contributed by atoms with Crippen LogP contribution >= 0.6 is 0 Å². The molecule has 0 bridgehead atoms. The lowest BCUT2D eigenvalue weighted by Crippen LogP contribution is -2.46. The van der Waals surface area contributed by atoms with Crippen molar-refractivity contribution in [1.82, 2.24) is 5.43 Å². The van der Waals surface area contributed by atoms with Crippen LogP contribution in [0.15, 0.2) is 24.3 Å². The Morgan fingerprint density at radius 2 is 1.90 bits per heavy atom. The second-order valence-electron chi connectivity index (χ2n) is 5.40. The fraction of sp³-hybridized carbons (Fsp3) is 0.625. The zero-order chi connectivity index (χ0) is 15.2. The fourth-order valence-electron chi connectivity index (χ4n) is 2.39. The molecule has 0 amide bonds. The molecule has 2 atom stereocenters. The Hall–Kier alpha value is -1.10. The maximum absolute atomic E-state index is 5.95. The Bertz CT molecular complexity index is 409. The quantitative estimate of drug-likeness (QED) is 0.567. The summed E-state index contributed by atoms with van der Waals surface area (Å²) in [7, 11) is 0. The molecule has 1 rings (SSSR count). The number of hydrogen-bond donors (Lipinski definition) is 2. The van der Waals surface area contributed by atoms with Crippen LogP contribution in [0.3, 0.4) is 0 Å². The normalized spacial score (nSPS) is 15.9. The smallest absolute Gasteiger partial charge is 0.124 e. The monoisotopic (exact) mass is 280 g/mol. The van der Waals surface area contributed by atoms with Gasteiger partial charge in [-0.2, -0.15) is 0 Å². The molecule has 0 aliphatic rings. The third-order valence-corrected chi connectivity index (χ3v) is 3.55. The molecule has 0 radical (unpaired) electrons. The molecule has 0 saturated heterocycles. The third-order valence-electron chi connectivity index (χ3n) is 3.55. The highest BCUT2D eigenvalue weighted by atomic mass is 16.5. The third kappa shape index (κ3) is 3.95. The van der Waals surface area contributed by atoms with Gasteiger partial charge in [0.2, 0.25) is 0 Å². The maximum Gasteiger partial charge on any atom is 0.124 e. The van der Waals surface area contributed by atoms with Gasteiger partial charge in [0.25, 0.3) is 0 Å². The van der Waals surface area contributed by atoms with Crippen LogP contribution in [0.4, 0.5) is 0 Å². The van der Waals surface area contributed by atoms with E-state index in [9.17, 15) is 0 Å². The molecule has 1 aromatic rings. The van der Waals surface area contributed by atoms with Crippen LogP contribution in [0.25, 0.3) is 0 Å². The molecule has 0 saturated carbocycles. The molecule has 2 unspecified atom stereocenters. The van der Waals surface area contributed by atoms with Crippen LogP contribution in [0.2, 0.25) is 0 Å². The van der Waals surface area contributed by atoms with E-state index in [-0.39, 0.29) is 17.7 Å². The average Bonchev–Trinajstić information content (AvgIpc) is 2.41. The second-order valence-corrected chi connectivity index (χ2v) is 5.40. The van der Waals surface area contributed by atoms with E-state index in [1.54, 1.807) is 0 Å². The van der Waals surface area contributed by atoms with Gasteiger partial charge < -0.3 is 9.47 Å². The second kappa shape index (κ2) is 7.62. The van der Waals surface area contributed by atoms with E-state index in [2.05, 4.69) is 19.3 Å². The lowest BCUT2D eigenvalue weighted by molar-refractivity contribution is -0.0570. The summed E-state index contributed by atoms with van der Waals surface area (Å²) in [6.45, 7) is 10.9. The summed E-state index contributed by atoms with van der Waals surface area (Å²) in [5.74, 6) is 6.66. The number of hydrazine groups is 1. The van der Waals surface area contributed by atoms with E-state index in [0.29, 0.717) is 6.61 Å².